The maximum Gasteiger partial charge on any atom is 0.332 e. The Kier molecular flexibility index (Phi) is 3.10. The predicted molar refractivity (Wildman–Crippen MR) is 83.2 cm³/mol. The molecule has 0 amide bonds. The maximum atomic E-state index is 12.1. The first-order valence-corrected chi connectivity index (χ1v) is 7.42. The molecule has 0 saturated heterocycles. The highest BCUT2D eigenvalue weighted by Gasteiger charge is 2.14. The third-order valence-corrected chi connectivity index (χ3v) is 4.70. The van der Waals surface area contributed by atoms with Crippen molar-refractivity contribution in [2.45, 2.75) is 0 Å². The molecule has 0 atom stereocenters. The topological polar surface area (TPSA) is 56.9 Å². The van der Waals surface area contributed by atoms with E-state index in [-0.39, 0.29) is 11.2 Å². The Bertz CT molecular complexity index is 922. The lowest BCUT2D eigenvalue weighted by atomic mass is 10.2. The Balaban J connectivity index is 2.34. The van der Waals surface area contributed by atoms with Gasteiger partial charge in [0.1, 0.15) is 9.71 Å². The standard InChI is InChI=1S/C13H10BrN3O2S/c1-16-10-9(12(18)17(2)13(16)19)20-11(15-10)7-3-5-8(14)6-4-7/h3-6H,1-2H3. The van der Waals surface area contributed by atoms with Crippen molar-refractivity contribution in [1.82, 2.24) is 14.1 Å². The SMILES string of the molecule is Cn1c(=O)c2sc(-c3ccc(Br)cc3)nc2n(C)c1=O. The number of aryl methyl sites for hydroxylation is 1. The highest BCUT2D eigenvalue weighted by atomic mass is 79.9. The summed E-state index contributed by atoms with van der Waals surface area (Å²) in [5.41, 5.74) is 0.684. The second-order valence-electron chi connectivity index (χ2n) is 4.38. The van der Waals surface area contributed by atoms with Gasteiger partial charge in [0.2, 0.25) is 0 Å². The molecule has 0 aliphatic rings. The first-order chi connectivity index (χ1) is 9.49. The van der Waals surface area contributed by atoms with Crippen LogP contribution in [0.5, 0.6) is 0 Å². The summed E-state index contributed by atoms with van der Waals surface area (Å²) < 4.78 is 3.97. The Hall–Kier alpha value is -1.73. The van der Waals surface area contributed by atoms with Gasteiger partial charge in [0.25, 0.3) is 5.56 Å². The minimum atomic E-state index is -0.366. The Morgan fingerprint density at radius 3 is 2.40 bits per heavy atom. The summed E-state index contributed by atoms with van der Waals surface area (Å²) in [6, 6.07) is 7.67. The summed E-state index contributed by atoms with van der Waals surface area (Å²) in [6.07, 6.45) is 0. The smallest absolute Gasteiger partial charge is 0.280 e. The molecule has 1 aromatic carbocycles. The van der Waals surface area contributed by atoms with E-state index < -0.39 is 0 Å². The van der Waals surface area contributed by atoms with E-state index >= 15 is 0 Å². The molecule has 102 valence electrons. The van der Waals surface area contributed by atoms with Crippen LogP contribution in [-0.2, 0) is 14.1 Å². The van der Waals surface area contributed by atoms with Gasteiger partial charge < -0.3 is 0 Å². The van der Waals surface area contributed by atoms with Crippen molar-refractivity contribution in [1.29, 1.82) is 0 Å². The molecular weight excluding hydrogens is 342 g/mol. The van der Waals surface area contributed by atoms with Gasteiger partial charge in [0.15, 0.2) is 5.65 Å². The largest absolute Gasteiger partial charge is 0.332 e. The van der Waals surface area contributed by atoms with Gasteiger partial charge in [-0.25, -0.2) is 9.78 Å². The fraction of sp³-hybridized carbons (Fsp3) is 0.154. The molecule has 0 fully saturated rings. The first-order valence-electron chi connectivity index (χ1n) is 5.81. The Morgan fingerprint density at radius 2 is 1.75 bits per heavy atom. The van der Waals surface area contributed by atoms with Crippen molar-refractivity contribution >= 4 is 37.6 Å². The van der Waals surface area contributed by atoms with Crippen molar-refractivity contribution in [3.05, 3.63) is 49.6 Å². The summed E-state index contributed by atoms with van der Waals surface area (Å²) in [7, 11) is 3.10. The summed E-state index contributed by atoms with van der Waals surface area (Å²) >= 11 is 4.68. The number of thiazole rings is 1. The molecule has 0 aliphatic heterocycles. The van der Waals surface area contributed by atoms with Crippen LogP contribution in [0.1, 0.15) is 0 Å². The molecule has 0 bridgehead atoms. The second-order valence-corrected chi connectivity index (χ2v) is 6.30. The molecular formula is C13H10BrN3O2S. The lowest BCUT2D eigenvalue weighted by Crippen LogP contribution is -2.36. The second kappa shape index (κ2) is 4.68. The van der Waals surface area contributed by atoms with Crippen LogP contribution < -0.4 is 11.2 Å². The zero-order valence-corrected chi connectivity index (χ0v) is 13.2. The van der Waals surface area contributed by atoms with Crippen LogP contribution in [0.2, 0.25) is 0 Å². The van der Waals surface area contributed by atoms with Gasteiger partial charge in [-0.15, -0.1) is 11.3 Å². The van der Waals surface area contributed by atoms with E-state index in [9.17, 15) is 9.59 Å². The van der Waals surface area contributed by atoms with Crippen molar-refractivity contribution < 1.29 is 0 Å². The van der Waals surface area contributed by atoms with Gasteiger partial charge in [-0.3, -0.25) is 13.9 Å². The van der Waals surface area contributed by atoms with Gasteiger partial charge in [-0.1, -0.05) is 28.1 Å². The van der Waals surface area contributed by atoms with Gasteiger partial charge in [0.05, 0.1) is 0 Å². The van der Waals surface area contributed by atoms with Crippen LogP contribution >= 0.6 is 27.3 Å². The quantitative estimate of drug-likeness (QED) is 0.674. The zero-order chi connectivity index (χ0) is 14.4. The Labute approximate surface area is 126 Å². The summed E-state index contributed by atoms with van der Waals surface area (Å²) in [6.45, 7) is 0. The molecule has 0 saturated carbocycles. The minimum absolute atomic E-state index is 0.302. The predicted octanol–water partition coefficient (Wildman–Crippen LogP) is 2.12. The molecule has 0 aliphatic carbocycles. The van der Waals surface area contributed by atoms with Crippen LogP contribution in [-0.4, -0.2) is 14.1 Å². The van der Waals surface area contributed by atoms with Gasteiger partial charge in [-0.05, 0) is 12.1 Å². The molecule has 3 rings (SSSR count). The van der Waals surface area contributed by atoms with Gasteiger partial charge in [0, 0.05) is 24.1 Å². The van der Waals surface area contributed by atoms with Crippen molar-refractivity contribution in [3.63, 3.8) is 0 Å². The summed E-state index contributed by atoms with van der Waals surface area (Å²) in [5.74, 6) is 0. The molecule has 3 aromatic rings. The van der Waals surface area contributed by atoms with Crippen LogP contribution in [0.3, 0.4) is 0 Å². The van der Waals surface area contributed by atoms with Crippen LogP contribution in [0.25, 0.3) is 20.9 Å². The van der Waals surface area contributed by atoms with E-state index in [0.29, 0.717) is 10.3 Å². The van der Waals surface area contributed by atoms with Crippen molar-refractivity contribution in [2.75, 3.05) is 0 Å². The molecule has 0 spiro atoms. The van der Waals surface area contributed by atoms with E-state index in [1.165, 1.54) is 23.0 Å². The third kappa shape index (κ3) is 1.94. The highest BCUT2D eigenvalue weighted by Crippen LogP contribution is 2.28. The number of rotatable bonds is 1. The number of halogens is 1. The molecule has 0 unspecified atom stereocenters. The summed E-state index contributed by atoms with van der Waals surface area (Å²) in [5, 5.41) is 0.728. The molecule has 2 aromatic heterocycles. The molecule has 5 nitrogen and oxygen atoms in total. The Morgan fingerprint density at radius 1 is 1.10 bits per heavy atom. The number of hydrogen-bond acceptors (Lipinski definition) is 4. The lowest BCUT2D eigenvalue weighted by Gasteiger charge is -2.00. The number of hydrogen-bond donors (Lipinski definition) is 0. The van der Waals surface area contributed by atoms with E-state index in [2.05, 4.69) is 20.9 Å². The maximum absolute atomic E-state index is 12.1. The van der Waals surface area contributed by atoms with E-state index in [1.807, 2.05) is 24.3 Å². The fourth-order valence-corrected chi connectivity index (χ4v) is 3.29. The van der Waals surface area contributed by atoms with E-state index in [4.69, 9.17) is 0 Å². The lowest BCUT2D eigenvalue weighted by molar-refractivity contribution is 0.710. The van der Waals surface area contributed by atoms with Crippen molar-refractivity contribution in [3.8, 4) is 10.6 Å². The number of benzene rings is 1. The highest BCUT2D eigenvalue weighted by molar-refractivity contribution is 9.10. The number of fused-ring (bicyclic) bond motifs is 1. The average molecular weight is 352 g/mol. The summed E-state index contributed by atoms with van der Waals surface area (Å²) in [4.78, 5) is 28.4. The van der Waals surface area contributed by atoms with Crippen LogP contribution in [0.4, 0.5) is 0 Å². The monoisotopic (exact) mass is 351 g/mol. The van der Waals surface area contributed by atoms with Gasteiger partial charge >= 0.3 is 5.69 Å². The molecule has 7 heteroatoms. The van der Waals surface area contributed by atoms with Crippen LogP contribution in [0.15, 0.2) is 38.3 Å². The molecule has 0 N–H and O–H groups in total. The van der Waals surface area contributed by atoms with Crippen LogP contribution in [0, 0.1) is 0 Å². The van der Waals surface area contributed by atoms with Crippen molar-refractivity contribution in [2.24, 2.45) is 14.1 Å². The van der Waals surface area contributed by atoms with E-state index in [0.717, 1.165) is 19.6 Å². The fourth-order valence-electron chi connectivity index (χ4n) is 1.95. The normalized spacial score (nSPS) is 11.2. The minimum Gasteiger partial charge on any atom is -0.280 e. The number of aromatic nitrogens is 3. The van der Waals surface area contributed by atoms with Gasteiger partial charge in [-0.2, -0.15) is 0 Å². The molecule has 20 heavy (non-hydrogen) atoms. The molecule has 0 radical (unpaired) electrons. The van der Waals surface area contributed by atoms with E-state index in [1.54, 1.807) is 7.05 Å². The zero-order valence-electron chi connectivity index (χ0n) is 10.8. The average Bonchev–Trinajstić information content (AvgIpc) is 2.89. The number of nitrogens with zero attached hydrogens (tertiary/aromatic N) is 3. The third-order valence-electron chi connectivity index (χ3n) is 3.09. The first kappa shape index (κ1) is 13.3. The molecule has 2 heterocycles.